The fourth-order valence-corrected chi connectivity index (χ4v) is 5.54. The van der Waals surface area contributed by atoms with E-state index in [0.29, 0.717) is 18.0 Å². The first-order valence-electron chi connectivity index (χ1n) is 8.18. The first-order chi connectivity index (χ1) is 10.9. The molecule has 3 rings (SSSR count). The van der Waals surface area contributed by atoms with Crippen molar-refractivity contribution in [3.63, 3.8) is 0 Å². The number of benzene rings is 1. The number of carbonyl (C=O) groups excluding carboxylic acids is 1. The Bertz CT molecular complexity index is 704. The highest BCUT2D eigenvalue weighted by molar-refractivity contribution is 7.91. The normalized spacial score (nSPS) is 28.5. The maximum atomic E-state index is 12.9. The number of rotatable bonds is 5. The summed E-state index contributed by atoms with van der Waals surface area (Å²) in [5.41, 5.74) is 1.03. The van der Waals surface area contributed by atoms with Crippen molar-refractivity contribution < 1.29 is 13.2 Å². The number of halogens is 1. The van der Waals surface area contributed by atoms with E-state index in [2.05, 4.69) is 0 Å². The van der Waals surface area contributed by atoms with E-state index < -0.39 is 9.84 Å². The van der Waals surface area contributed by atoms with Crippen molar-refractivity contribution in [3.05, 3.63) is 34.9 Å². The number of carbonyl (C=O) groups is 1. The number of sulfone groups is 1. The van der Waals surface area contributed by atoms with E-state index in [9.17, 15) is 13.2 Å². The molecule has 0 N–H and O–H groups in total. The van der Waals surface area contributed by atoms with E-state index in [1.54, 1.807) is 0 Å². The van der Waals surface area contributed by atoms with E-state index in [1.807, 2.05) is 36.1 Å². The van der Waals surface area contributed by atoms with Crippen LogP contribution in [0, 0.1) is 5.92 Å². The lowest BCUT2D eigenvalue weighted by molar-refractivity contribution is -0.134. The van der Waals surface area contributed by atoms with Crippen molar-refractivity contribution in [3.8, 4) is 0 Å². The van der Waals surface area contributed by atoms with Gasteiger partial charge in [0.1, 0.15) is 0 Å². The van der Waals surface area contributed by atoms with Gasteiger partial charge in [0.2, 0.25) is 5.91 Å². The average Bonchev–Trinajstić information content (AvgIpc) is 3.22. The van der Waals surface area contributed by atoms with Gasteiger partial charge in [0.05, 0.1) is 11.5 Å². The van der Waals surface area contributed by atoms with Crippen LogP contribution >= 0.6 is 11.6 Å². The van der Waals surface area contributed by atoms with E-state index in [-0.39, 0.29) is 35.3 Å². The average molecular weight is 356 g/mol. The Morgan fingerprint density at radius 2 is 2.09 bits per heavy atom. The summed E-state index contributed by atoms with van der Waals surface area (Å²) in [7, 11) is -2.99. The van der Waals surface area contributed by atoms with Crippen molar-refractivity contribution in [2.45, 2.75) is 38.1 Å². The SMILES string of the molecule is CCCN(C(=O)C1CC1c1ccccc1Cl)C1CCS(=O)(=O)C1. The van der Waals surface area contributed by atoms with E-state index in [4.69, 9.17) is 11.6 Å². The summed E-state index contributed by atoms with van der Waals surface area (Å²) >= 11 is 6.23. The fourth-order valence-electron chi connectivity index (χ4n) is 3.54. The van der Waals surface area contributed by atoms with Crippen molar-refractivity contribution in [2.24, 2.45) is 5.92 Å². The lowest BCUT2D eigenvalue weighted by Gasteiger charge is -2.28. The Morgan fingerprint density at radius 3 is 2.70 bits per heavy atom. The summed E-state index contributed by atoms with van der Waals surface area (Å²) in [6.45, 7) is 2.65. The van der Waals surface area contributed by atoms with Gasteiger partial charge >= 0.3 is 0 Å². The van der Waals surface area contributed by atoms with Crippen molar-refractivity contribution in [1.82, 2.24) is 4.90 Å². The van der Waals surface area contributed by atoms with E-state index in [1.165, 1.54) is 0 Å². The molecule has 4 nitrogen and oxygen atoms in total. The second-order valence-corrected chi connectivity index (χ2v) is 9.19. The Morgan fingerprint density at radius 1 is 1.35 bits per heavy atom. The van der Waals surface area contributed by atoms with Crippen LogP contribution in [0.3, 0.4) is 0 Å². The van der Waals surface area contributed by atoms with Crippen LogP contribution in [-0.2, 0) is 14.6 Å². The van der Waals surface area contributed by atoms with Gasteiger partial charge in [-0.15, -0.1) is 0 Å². The van der Waals surface area contributed by atoms with Gasteiger partial charge in [0, 0.05) is 23.5 Å². The standard InChI is InChI=1S/C17H22ClNO3S/c1-2-8-19(12-7-9-23(21,22)11-12)17(20)15-10-14(15)13-5-3-4-6-16(13)18/h3-6,12,14-15H,2,7-11H2,1H3. The first kappa shape index (κ1) is 16.8. The Hall–Kier alpha value is -1.07. The van der Waals surface area contributed by atoms with Crippen LogP contribution in [0.1, 0.15) is 37.7 Å². The molecule has 6 heteroatoms. The third-order valence-corrected chi connectivity index (χ3v) is 6.90. The monoisotopic (exact) mass is 355 g/mol. The second-order valence-electron chi connectivity index (χ2n) is 6.56. The van der Waals surface area contributed by atoms with Crippen LogP contribution in [0.4, 0.5) is 0 Å². The zero-order valence-corrected chi connectivity index (χ0v) is 14.8. The van der Waals surface area contributed by atoms with Gasteiger partial charge in [-0.25, -0.2) is 8.42 Å². The lowest BCUT2D eigenvalue weighted by Crippen LogP contribution is -2.42. The molecule has 0 bridgehead atoms. The molecule has 2 fully saturated rings. The molecule has 0 aromatic heterocycles. The van der Waals surface area contributed by atoms with Crippen LogP contribution in [0.2, 0.25) is 5.02 Å². The predicted molar refractivity (Wildman–Crippen MR) is 91.4 cm³/mol. The summed E-state index contributed by atoms with van der Waals surface area (Å²) < 4.78 is 23.5. The van der Waals surface area contributed by atoms with Crippen molar-refractivity contribution >= 4 is 27.3 Å². The molecule has 126 valence electrons. The maximum Gasteiger partial charge on any atom is 0.226 e. The molecular weight excluding hydrogens is 334 g/mol. The molecule has 1 aliphatic carbocycles. The van der Waals surface area contributed by atoms with Gasteiger partial charge in [0.25, 0.3) is 0 Å². The molecule has 3 atom stereocenters. The molecule has 1 amide bonds. The van der Waals surface area contributed by atoms with Gasteiger partial charge in [-0.2, -0.15) is 0 Å². The smallest absolute Gasteiger partial charge is 0.226 e. The highest BCUT2D eigenvalue weighted by atomic mass is 35.5. The number of amides is 1. The molecule has 1 aromatic rings. The zero-order chi connectivity index (χ0) is 16.6. The highest BCUT2D eigenvalue weighted by Crippen LogP contribution is 2.50. The molecular formula is C17H22ClNO3S. The fraction of sp³-hybridized carbons (Fsp3) is 0.588. The molecule has 1 saturated carbocycles. The summed E-state index contributed by atoms with van der Waals surface area (Å²) in [5, 5.41) is 0.707. The molecule has 23 heavy (non-hydrogen) atoms. The molecule has 0 spiro atoms. The van der Waals surface area contributed by atoms with Crippen LogP contribution in [0.25, 0.3) is 0 Å². The molecule has 2 aliphatic rings. The number of hydrogen-bond donors (Lipinski definition) is 0. The first-order valence-corrected chi connectivity index (χ1v) is 10.4. The van der Waals surface area contributed by atoms with Gasteiger partial charge in [-0.1, -0.05) is 36.7 Å². The minimum absolute atomic E-state index is 0.0512. The summed E-state index contributed by atoms with van der Waals surface area (Å²) in [6.07, 6.45) is 2.21. The minimum Gasteiger partial charge on any atom is -0.338 e. The molecule has 3 unspecified atom stereocenters. The van der Waals surface area contributed by atoms with Crippen LogP contribution in [-0.4, -0.2) is 43.3 Å². The molecule has 1 saturated heterocycles. The van der Waals surface area contributed by atoms with Gasteiger partial charge in [0.15, 0.2) is 9.84 Å². The molecule has 1 heterocycles. The van der Waals surface area contributed by atoms with Crippen LogP contribution in [0.5, 0.6) is 0 Å². The number of hydrogen-bond acceptors (Lipinski definition) is 3. The Balaban J connectivity index is 1.72. The van der Waals surface area contributed by atoms with Crippen molar-refractivity contribution in [1.29, 1.82) is 0 Å². The summed E-state index contributed by atoms with van der Waals surface area (Å²) in [5.74, 6) is 0.531. The molecule has 1 aliphatic heterocycles. The predicted octanol–water partition coefficient (Wildman–Crippen LogP) is 2.87. The summed E-state index contributed by atoms with van der Waals surface area (Å²) in [4.78, 5) is 14.7. The number of nitrogens with zero attached hydrogens (tertiary/aromatic N) is 1. The minimum atomic E-state index is -2.99. The lowest BCUT2D eigenvalue weighted by atomic mass is 10.1. The van der Waals surface area contributed by atoms with Crippen LogP contribution in [0.15, 0.2) is 24.3 Å². The van der Waals surface area contributed by atoms with Gasteiger partial charge in [-0.05, 0) is 36.8 Å². The quantitative estimate of drug-likeness (QED) is 0.816. The van der Waals surface area contributed by atoms with E-state index >= 15 is 0 Å². The van der Waals surface area contributed by atoms with E-state index in [0.717, 1.165) is 18.4 Å². The van der Waals surface area contributed by atoms with Crippen molar-refractivity contribution in [2.75, 3.05) is 18.1 Å². The molecule has 1 aromatic carbocycles. The Kier molecular flexibility index (Phi) is 4.70. The maximum absolute atomic E-state index is 12.9. The summed E-state index contributed by atoms with van der Waals surface area (Å²) in [6, 6.07) is 7.50. The largest absolute Gasteiger partial charge is 0.338 e. The third kappa shape index (κ3) is 3.56. The zero-order valence-electron chi connectivity index (χ0n) is 13.2. The van der Waals surface area contributed by atoms with Gasteiger partial charge in [-0.3, -0.25) is 4.79 Å². The second kappa shape index (κ2) is 6.44. The van der Waals surface area contributed by atoms with Gasteiger partial charge < -0.3 is 4.90 Å². The highest BCUT2D eigenvalue weighted by Gasteiger charge is 2.48. The molecule has 0 radical (unpaired) electrons. The topological polar surface area (TPSA) is 54.5 Å². The Labute approximate surface area is 142 Å². The third-order valence-electron chi connectivity index (χ3n) is 4.81. The van der Waals surface area contributed by atoms with Crippen LogP contribution < -0.4 is 0 Å².